The third kappa shape index (κ3) is 1.96. The molecule has 0 aromatic carbocycles. The highest BCUT2D eigenvalue weighted by atomic mass is 35.5. The smallest absolute Gasteiger partial charge is 0.102 e. The molecule has 3 nitrogen and oxygen atoms in total. The van der Waals surface area contributed by atoms with Crippen molar-refractivity contribution in [1.82, 2.24) is 5.48 Å². The van der Waals surface area contributed by atoms with Crippen LogP contribution in [0.1, 0.15) is 6.92 Å². The van der Waals surface area contributed by atoms with Gasteiger partial charge in [-0.25, -0.2) is 0 Å². The molecule has 0 aromatic rings. The first-order valence-electron chi connectivity index (χ1n) is 2.28. The fraction of sp³-hybridized carbons (Fsp3) is 1.00. The molecule has 50 valence electrons. The van der Waals surface area contributed by atoms with E-state index >= 15 is 0 Å². The zero-order chi connectivity index (χ0) is 5.33. The summed E-state index contributed by atoms with van der Waals surface area (Å²) in [5, 5.41) is 9.01. The predicted molar refractivity (Wildman–Crippen MR) is 31.8 cm³/mol. The van der Waals surface area contributed by atoms with Crippen molar-refractivity contribution >= 4 is 12.4 Å². The Morgan fingerprint density at radius 2 is 2.38 bits per heavy atom. The summed E-state index contributed by atoms with van der Waals surface area (Å²) in [7, 11) is 0. The number of hydrogen-bond acceptors (Lipinski definition) is 3. The van der Waals surface area contributed by atoms with Gasteiger partial charge in [-0.3, -0.25) is 4.84 Å². The quantitative estimate of drug-likeness (QED) is 0.484. The Kier molecular flexibility index (Phi) is 2.70. The van der Waals surface area contributed by atoms with Crippen LogP contribution in [0, 0.1) is 0 Å². The fourth-order valence-corrected chi connectivity index (χ4v) is 0.464. The highest BCUT2D eigenvalue weighted by molar-refractivity contribution is 5.85. The average Bonchev–Trinajstić information content (AvgIpc) is 1.84. The van der Waals surface area contributed by atoms with Crippen LogP contribution in [0.15, 0.2) is 0 Å². The van der Waals surface area contributed by atoms with Crippen molar-refractivity contribution in [2.75, 3.05) is 13.2 Å². The summed E-state index contributed by atoms with van der Waals surface area (Å²) in [5.41, 5.74) is 1.92. The molecule has 1 aliphatic heterocycles. The first-order valence-corrected chi connectivity index (χ1v) is 2.28. The van der Waals surface area contributed by atoms with Crippen LogP contribution in [-0.4, -0.2) is 23.9 Å². The first-order chi connectivity index (χ1) is 3.21. The minimum atomic E-state index is -0.639. The number of nitrogens with one attached hydrogen (secondary N) is 1. The highest BCUT2D eigenvalue weighted by Crippen LogP contribution is 2.05. The second-order valence-corrected chi connectivity index (χ2v) is 2.11. The van der Waals surface area contributed by atoms with Crippen molar-refractivity contribution in [2.45, 2.75) is 12.5 Å². The Morgan fingerprint density at radius 3 is 2.50 bits per heavy atom. The molecule has 1 heterocycles. The maximum Gasteiger partial charge on any atom is 0.102 e. The van der Waals surface area contributed by atoms with Crippen LogP contribution in [0.4, 0.5) is 0 Å². The maximum absolute atomic E-state index is 9.01. The lowest BCUT2D eigenvalue weighted by molar-refractivity contribution is 0.0343. The summed E-state index contributed by atoms with van der Waals surface area (Å²) in [6.45, 7) is 2.66. The van der Waals surface area contributed by atoms with Gasteiger partial charge in [-0.05, 0) is 6.92 Å². The van der Waals surface area contributed by atoms with Gasteiger partial charge in [0.2, 0.25) is 0 Å². The molecule has 0 aliphatic carbocycles. The van der Waals surface area contributed by atoms with Crippen LogP contribution in [0.3, 0.4) is 0 Å². The van der Waals surface area contributed by atoms with E-state index in [-0.39, 0.29) is 12.4 Å². The molecule has 4 heteroatoms. The number of aliphatic hydroxyl groups is 1. The lowest BCUT2D eigenvalue weighted by atomic mass is 10.1. The van der Waals surface area contributed by atoms with Gasteiger partial charge in [0.25, 0.3) is 0 Å². The van der Waals surface area contributed by atoms with Crippen molar-refractivity contribution in [3.8, 4) is 0 Å². The predicted octanol–water partition coefficient (Wildman–Crippen LogP) is -0.306. The van der Waals surface area contributed by atoms with E-state index in [1.54, 1.807) is 6.92 Å². The summed E-state index contributed by atoms with van der Waals surface area (Å²) in [6.07, 6.45) is 0. The third-order valence-corrected chi connectivity index (χ3v) is 0.938. The van der Waals surface area contributed by atoms with Gasteiger partial charge in [0, 0.05) is 0 Å². The normalized spacial score (nSPS) is 36.8. The molecule has 0 spiro atoms. The van der Waals surface area contributed by atoms with E-state index in [4.69, 9.17) is 5.11 Å². The average molecular weight is 140 g/mol. The number of rotatable bonds is 0. The molecule has 1 saturated heterocycles. The Morgan fingerprint density at radius 1 is 1.75 bits per heavy atom. The van der Waals surface area contributed by atoms with Crippen LogP contribution in [0.25, 0.3) is 0 Å². The largest absolute Gasteiger partial charge is 0.386 e. The van der Waals surface area contributed by atoms with Gasteiger partial charge in [0.15, 0.2) is 0 Å². The van der Waals surface area contributed by atoms with E-state index < -0.39 is 5.60 Å². The van der Waals surface area contributed by atoms with Crippen molar-refractivity contribution in [3.63, 3.8) is 0 Å². The fourth-order valence-electron chi connectivity index (χ4n) is 0.464. The minimum Gasteiger partial charge on any atom is -0.386 e. The third-order valence-electron chi connectivity index (χ3n) is 0.938. The highest BCUT2D eigenvalue weighted by Gasteiger charge is 2.25. The van der Waals surface area contributed by atoms with E-state index in [9.17, 15) is 0 Å². The summed E-state index contributed by atoms with van der Waals surface area (Å²) < 4.78 is 0. The van der Waals surface area contributed by atoms with Crippen LogP contribution < -0.4 is 5.48 Å². The topological polar surface area (TPSA) is 41.5 Å². The Balaban J connectivity index is 0.000000490. The molecule has 1 rings (SSSR count). The van der Waals surface area contributed by atoms with E-state index in [0.717, 1.165) is 0 Å². The summed E-state index contributed by atoms with van der Waals surface area (Å²) >= 11 is 0. The van der Waals surface area contributed by atoms with Crippen molar-refractivity contribution in [3.05, 3.63) is 0 Å². The molecule has 0 aromatic heterocycles. The van der Waals surface area contributed by atoms with Crippen molar-refractivity contribution < 1.29 is 9.94 Å². The summed E-state index contributed by atoms with van der Waals surface area (Å²) in [4.78, 5) is 4.66. The molecule has 1 atom stereocenters. The van der Waals surface area contributed by atoms with Gasteiger partial charge < -0.3 is 5.11 Å². The number of halogens is 1. The van der Waals surface area contributed by atoms with Crippen LogP contribution >= 0.6 is 12.4 Å². The Labute approximate surface area is 54.4 Å². The SMILES string of the molecule is C[C@]1(O)CNOC1.Cl. The molecule has 0 radical (unpaired) electrons. The Bertz CT molecular complexity index is 68.4. The van der Waals surface area contributed by atoms with E-state index in [1.807, 2.05) is 0 Å². The molecule has 0 amide bonds. The zero-order valence-corrected chi connectivity index (χ0v) is 5.49. The van der Waals surface area contributed by atoms with Crippen molar-refractivity contribution in [1.29, 1.82) is 0 Å². The van der Waals surface area contributed by atoms with E-state index in [2.05, 4.69) is 10.3 Å². The van der Waals surface area contributed by atoms with Crippen LogP contribution in [0.5, 0.6) is 0 Å². The lowest BCUT2D eigenvalue weighted by Crippen LogP contribution is -2.29. The molecule has 8 heavy (non-hydrogen) atoms. The maximum atomic E-state index is 9.01. The van der Waals surface area contributed by atoms with Crippen LogP contribution in [0.2, 0.25) is 0 Å². The molecular formula is C4H10ClNO2. The van der Waals surface area contributed by atoms with Crippen molar-refractivity contribution in [2.24, 2.45) is 0 Å². The van der Waals surface area contributed by atoms with E-state index in [1.165, 1.54) is 0 Å². The Hall–Kier alpha value is 0.170. The van der Waals surface area contributed by atoms with Gasteiger partial charge in [0.1, 0.15) is 5.60 Å². The van der Waals surface area contributed by atoms with Gasteiger partial charge in [-0.1, -0.05) is 0 Å². The van der Waals surface area contributed by atoms with Gasteiger partial charge >= 0.3 is 0 Å². The molecule has 1 fully saturated rings. The lowest BCUT2D eigenvalue weighted by Gasteiger charge is -2.08. The molecule has 0 unspecified atom stereocenters. The second kappa shape index (κ2) is 2.64. The minimum absolute atomic E-state index is 0. The number of β-amino-alcohol motifs (C(OH)–C–C–N with tert-alkyl or cyclic N) is 1. The molecule has 2 N–H and O–H groups in total. The molecule has 0 bridgehead atoms. The molecule has 1 aliphatic rings. The monoisotopic (exact) mass is 139 g/mol. The number of hydroxylamine groups is 1. The van der Waals surface area contributed by atoms with Crippen LogP contribution in [-0.2, 0) is 4.84 Å². The van der Waals surface area contributed by atoms with E-state index in [0.29, 0.717) is 13.2 Å². The second-order valence-electron chi connectivity index (χ2n) is 2.11. The summed E-state index contributed by atoms with van der Waals surface area (Å²) in [6, 6.07) is 0. The van der Waals surface area contributed by atoms with Gasteiger partial charge in [-0.2, -0.15) is 5.48 Å². The van der Waals surface area contributed by atoms with Gasteiger partial charge in [0.05, 0.1) is 13.2 Å². The first kappa shape index (κ1) is 8.17. The standard InChI is InChI=1S/C4H9NO2.ClH/c1-4(6)2-5-7-3-4;/h5-6H,2-3H2,1H3;1H/t4-;/m0./s1. The zero-order valence-electron chi connectivity index (χ0n) is 4.68. The van der Waals surface area contributed by atoms with Gasteiger partial charge in [-0.15, -0.1) is 12.4 Å². The summed E-state index contributed by atoms with van der Waals surface area (Å²) in [5.74, 6) is 0. The molecular weight excluding hydrogens is 130 g/mol. The molecule has 0 saturated carbocycles. The number of hydrogen-bond donors (Lipinski definition) is 2.